The maximum atomic E-state index is 14.2. The predicted molar refractivity (Wildman–Crippen MR) is 150 cm³/mol. The van der Waals surface area contributed by atoms with E-state index in [9.17, 15) is 10.1 Å². The van der Waals surface area contributed by atoms with Gasteiger partial charge in [-0.15, -0.1) is 0 Å². The molecule has 3 aromatic carbocycles. The van der Waals surface area contributed by atoms with E-state index in [2.05, 4.69) is 36.6 Å². The number of methoxy groups -OCH3 is 2. The van der Waals surface area contributed by atoms with E-state index in [4.69, 9.17) is 9.47 Å². The molecule has 0 saturated carbocycles. The van der Waals surface area contributed by atoms with Gasteiger partial charge in [-0.05, 0) is 55.3 Å². The van der Waals surface area contributed by atoms with Gasteiger partial charge in [0.05, 0.1) is 19.8 Å². The second-order valence-electron chi connectivity index (χ2n) is 10.8. The summed E-state index contributed by atoms with van der Waals surface area (Å²) in [5.41, 5.74) is 2.29. The summed E-state index contributed by atoms with van der Waals surface area (Å²) in [5.74, 6) is 1.24. The van der Waals surface area contributed by atoms with Gasteiger partial charge >= 0.3 is 0 Å². The molecule has 38 heavy (non-hydrogen) atoms. The number of piperazine rings is 1. The number of fused-ring (bicyclic) bond motifs is 1. The summed E-state index contributed by atoms with van der Waals surface area (Å²) in [6, 6.07) is 19.3. The molecule has 4 rings (SSSR count). The van der Waals surface area contributed by atoms with Crippen molar-refractivity contribution < 1.29 is 14.3 Å². The summed E-state index contributed by atoms with van der Waals surface area (Å²) in [6.07, 6.45) is 0. The fourth-order valence-corrected chi connectivity index (χ4v) is 5.37. The average Bonchev–Trinajstić information content (AvgIpc) is 2.92. The molecular weight excluding hydrogens is 476 g/mol. The van der Waals surface area contributed by atoms with Crippen LogP contribution in [0.3, 0.4) is 0 Å². The number of carbonyl (C=O) groups is 1. The summed E-state index contributed by atoms with van der Waals surface area (Å²) >= 11 is 0. The van der Waals surface area contributed by atoms with Gasteiger partial charge in [-0.1, -0.05) is 36.4 Å². The lowest BCUT2D eigenvalue weighted by Gasteiger charge is -2.44. The van der Waals surface area contributed by atoms with Crippen LogP contribution in [-0.2, 0) is 11.3 Å². The molecule has 1 fully saturated rings. The number of ether oxygens (including phenoxy) is 2. The second kappa shape index (κ2) is 11.4. The standard InChI is InChI=1S/C31H38N4O3/c1-31(2,3)35-16-14-34(15-17-35)28(23-11-9-12-25(19-23)37-5)30(36)33(4)21-27-26-13-8-7-10-22(26)18-24(20-32)29(27)38-6/h7-13,18-19,28H,14-17,21H2,1-6H3. The lowest BCUT2D eigenvalue weighted by molar-refractivity contribution is -0.137. The quantitative estimate of drug-likeness (QED) is 0.449. The molecule has 0 aliphatic carbocycles. The number of benzene rings is 3. The molecule has 7 heteroatoms. The average molecular weight is 515 g/mol. The van der Waals surface area contributed by atoms with E-state index in [0.717, 1.165) is 53.8 Å². The Morgan fingerprint density at radius 2 is 1.74 bits per heavy atom. The van der Waals surface area contributed by atoms with Crippen molar-refractivity contribution in [2.45, 2.75) is 38.9 Å². The van der Waals surface area contributed by atoms with Crippen molar-refractivity contribution in [3.8, 4) is 17.6 Å². The third-order valence-corrected chi connectivity index (χ3v) is 7.47. The third-order valence-electron chi connectivity index (χ3n) is 7.47. The molecule has 1 amide bonds. The lowest BCUT2D eigenvalue weighted by atomic mass is 9.98. The van der Waals surface area contributed by atoms with Crippen molar-refractivity contribution in [2.75, 3.05) is 47.4 Å². The molecule has 7 nitrogen and oxygen atoms in total. The first kappa shape index (κ1) is 27.4. The van der Waals surface area contributed by atoms with Crippen LogP contribution in [0.2, 0.25) is 0 Å². The molecule has 3 aromatic rings. The minimum atomic E-state index is -0.450. The van der Waals surface area contributed by atoms with Gasteiger partial charge in [-0.2, -0.15) is 5.26 Å². The number of hydrogen-bond acceptors (Lipinski definition) is 6. The van der Waals surface area contributed by atoms with E-state index in [1.165, 1.54) is 0 Å². The molecule has 1 atom stereocenters. The smallest absolute Gasteiger partial charge is 0.244 e. The summed E-state index contributed by atoms with van der Waals surface area (Å²) in [5, 5.41) is 11.7. The maximum absolute atomic E-state index is 14.2. The van der Waals surface area contributed by atoms with Crippen LogP contribution < -0.4 is 9.47 Å². The van der Waals surface area contributed by atoms with Crippen LogP contribution in [0.5, 0.6) is 11.5 Å². The molecule has 1 unspecified atom stereocenters. The Kier molecular flexibility index (Phi) is 8.25. The van der Waals surface area contributed by atoms with Crippen molar-refractivity contribution in [1.82, 2.24) is 14.7 Å². The number of hydrogen-bond donors (Lipinski definition) is 0. The van der Waals surface area contributed by atoms with Crippen molar-refractivity contribution >= 4 is 16.7 Å². The molecule has 1 aliphatic heterocycles. The fraction of sp³-hybridized carbons (Fsp3) is 0.419. The maximum Gasteiger partial charge on any atom is 0.244 e. The molecule has 200 valence electrons. The number of nitriles is 1. The topological polar surface area (TPSA) is 69.0 Å². The Bertz CT molecular complexity index is 1330. The Hall–Kier alpha value is -3.60. The fourth-order valence-electron chi connectivity index (χ4n) is 5.37. The van der Waals surface area contributed by atoms with Crippen LogP contribution in [0.4, 0.5) is 0 Å². The molecular formula is C31H38N4O3. The Balaban J connectivity index is 1.69. The van der Waals surface area contributed by atoms with Gasteiger partial charge in [0.2, 0.25) is 5.91 Å². The second-order valence-corrected chi connectivity index (χ2v) is 10.8. The zero-order valence-electron chi connectivity index (χ0n) is 23.3. The van der Waals surface area contributed by atoms with Gasteiger partial charge in [-0.3, -0.25) is 14.6 Å². The zero-order chi connectivity index (χ0) is 27.4. The van der Waals surface area contributed by atoms with Crippen molar-refractivity contribution in [3.63, 3.8) is 0 Å². The van der Waals surface area contributed by atoms with Gasteiger partial charge in [-0.25, -0.2) is 0 Å². The first-order chi connectivity index (χ1) is 18.2. The summed E-state index contributed by atoms with van der Waals surface area (Å²) in [4.78, 5) is 20.7. The van der Waals surface area contributed by atoms with Crippen molar-refractivity contribution in [3.05, 3.63) is 71.3 Å². The van der Waals surface area contributed by atoms with Crippen LogP contribution in [0, 0.1) is 11.3 Å². The van der Waals surface area contributed by atoms with Crippen LogP contribution in [0.1, 0.15) is 43.5 Å². The number of likely N-dealkylation sites (N-methyl/N-ethyl adjacent to an activating group) is 1. The van der Waals surface area contributed by atoms with E-state index in [1.54, 1.807) is 19.1 Å². The summed E-state index contributed by atoms with van der Waals surface area (Å²) < 4.78 is 11.2. The van der Waals surface area contributed by atoms with Gasteiger partial charge in [0.1, 0.15) is 23.6 Å². The van der Waals surface area contributed by atoms with E-state index in [0.29, 0.717) is 17.9 Å². The minimum Gasteiger partial charge on any atom is -0.497 e. The van der Waals surface area contributed by atoms with E-state index < -0.39 is 6.04 Å². The molecule has 0 aromatic heterocycles. The first-order valence-electron chi connectivity index (χ1n) is 13.0. The number of nitrogens with zero attached hydrogens (tertiary/aromatic N) is 4. The highest BCUT2D eigenvalue weighted by molar-refractivity contribution is 5.91. The normalized spacial score (nSPS) is 15.6. The van der Waals surface area contributed by atoms with Crippen LogP contribution in [0.15, 0.2) is 54.6 Å². The molecule has 0 N–H and O–H groups in total. The predicted octanol–water partition coefficient (Wildman–Crippen LogP) is 4.84. The molecule has 1 saturated heterocycles. The van der Waals surface area contributed by atoms with Gasteiger partial charge in [0.25, 0.3) is 0 Å². The largest absolute Gasteiger partial charge is 0.497 e. The van der Waals surface area contributed by atoms with Crippen LogP contribution in [-0.4, -0.2) is 73.6 Å². The van der Waals surface area contributed by atoms with E-state index >= 15 is 0 Å². The molecule has 0 radical (unpaired) electrons. The zero-order valence-corrected chi connectivity index (χ0v) is 23.3. The van der Waals surface area contributed by atoms with Crippen LogP contribution >= 0.6 is 0 Å². The highest BCUT2D eigenvalue weighted by Crippen LogP contribution is 2.34. The molecule has 1 aliphatic rings. The SMILES string of the molecule is COc1cccc(C(C(=O)N(C)Cc2c(OC)c(C#N)cc3ccccc23)N2CCN(C(C)(C)C)CC2)c1. The first-order valence-corrected chi connectivity index (χ1v) is 13.0. The van der Waals surface area contributed by atoms with E-state index in [-0.39, 0.29) is 11.4 Å². The molecule has 1 heterocycles. The monoisotopic (exact) mass is 514 g/mol. The van der Waals surface area contributed by atoms with Gasteiger partial charge in [0, 0.05) is 50.9 Å². The Morgan fingerprint density at radius 3 is 2.37 bits per heavy atom. The number of amides is 1. The Labute approximate surface area is 226 Å². The summed E-state index contributed by atoms with van der Waals surface area (Å²) in [6.45, 7) is 10.4. The third kappa shape index (κ3) is 5.62. The van der Waals surface area contributed by atoms with E-state index in [1.807, 2.05) is 61.6 Å². The lowest BCUT2D eigenvalue weighted by Crippen LogP contribution is -2.55. The highest BCUT2D eigenvalue weighted by atomic mass is 16.5. The minimum absolute atomic E-state index is 0.00374. The molecule has 0 spiro atoms. The van der Waals surface area contributed by atoms with Crippen molar-refractivity contribution in [1.29, 1.82) is 5.26 Å². The molecule has 0 bridgehead atoms. The van der Waals surface area contributed by atoms with Gasteiger partial charge < -0.3 is 14.4 Å². The summed E-state index contributed by atoms with van der Waals surface area (Å²) in [7, 11) is 5.04. The Morgan fingerprint density at radius 1 is 1.03 bits per heavy atom. The van der Waals surface area contributed by atoms with Gasteiger partial charge in [0.15, 0.2) is 0 Å². The van der Waals surface area contributed by atoms with Crippen molar-refractivity contribution in [2.24, 2.45) is 0 Å². The highest BCUT2D eigenvalue weighted by Gasteiger charge is 2.35. The number of rotatable bonds is 7. The number of carbonyl (C=O) groups excluding carboxylic acids is 1. The van der Waals surface area contributed by atoms with Crippen LogP contribution in [0.25, 0.3) is 10.8 Å².